The molecule has 2 N–H and O–H groups in total. The molecule has 0 bridgehead atoms. The zero-order valence-electron chi connectivity index (χ0n) is 11.7. The van der Waals surface area contributed by atoms with Gasteiger partial charge in [0.1, 0.15) is 0 Å². The molecule has 0 atom stereocenters. The maximum atomic E-state index is 11.9. The lowest BCUT2D eigenvalue weighted by atomic mass is 10.1. The number of carbonyl (C=O) groups is 1. The molecule has 0 spiro atoms. The summed E-state index contributed by atoms with van der Waals surface area (Å²) in [6, 6.07) is 3.79. The fraction of sp³-hybridized carbons (Fsp3) is 0.417. The topological polar surface area (TPSA) is 118 Å². The minimum absolute atomic E-state index is 0.00738. The Bertz CT molecular complexity index is 758. The summed E-state index contributed by atoms with van der Waals surface area (Å²) >= 11 is 5.35. The summed E-state index contributed by atoms with van der Waals surface area (Å²) in [5.41, 5.74) is 0.303. The van der Waals surface area contributed by atoms with E-state index >= 15 is 0 Å². The van der Waals surface area contributed by atoms with Crippen LogP contribution in [0.15, 0.2) is 23.1 Å². The second-order valence-corrected chi connectivity index (χ2v) is 8.62. The number of hydrogen-bond donors (Lipinski definition) is 2. The lowest BCUT2D eigenvalue weighted by Gasteiger charge is -2.08. The minimum atomic E-state index is -4.43. The summed E-state index contributed by atoms with van der Waals surface area (Å²) in [4.78, 5) is 11.5. The number of carbonyl (C=O) groups excluding carboxylic acids is 1. The van der Waals surface area contributed by atoms with Gasteiger partial charge in [-0.3, -0.25) is 9.35 Å². The maximum Gasteiger partial charge on any atom is 0.294 e. The molecule has 1 rings (SSSR count). The molecule has 0 aliphatic carbocycles. The highest BCUT2D eigenvalue weighted by molar-refractivity contribution is 7.91. The Balaban J connectivity index is 2.79. The maximum absolute atomic E-state index is 11.9. The van der Waals surface area contributed by atoms with E-state index in [0.29, 0.717) is 5.56 Å². The van der Waals surface area contributed by atoms with Crippen LogP contribution in [0.1, 0.15) is 15.9 Å². The van der Waals surface area contributed by atoms with E-state index < -0.39 is 25.9 Å². The fourth-order valence-corrected chi connectivity index (χ4v) is 3.97. The first kappa shape index (κ1) is 18.9. The van der Waals surface area contributed by atoms with E-state index in [0.717, 1.165) is 6.07 Å². The number of benzene rings is 1. The fourth-order valence-electron chi connectivity index (χ4n) is 1.66. The third-order valence-electron chi connectivity index (χ3n) is 2.82. The van der Waals surface area contributed by atoms with Gasteiger partial charge in [0.25, 0.3) is 16.0 Å². The molecule has 0 aliphatic heterocycles. The zero-order chi connectivity index (χ0) is 17.0. The number of rotatable bonds is 7. The average molecular weight is 370 g/mol. The standard InChI is InChI=1S/C12H16ClNO6S2/c1-9-2-3-10(8-11(9)22(18,19)20)12(15)14-5-7-21(16,17)6-4-13/h2-3,8H,4-7H2,1H3,(H,14,15)(H,18,19,20). The SMILES string of the molecule is Cc1ccc(C(=O)NCCS(=O)(=O)CCCl)cc1S(=O)(=O)O. The second kappa shape index (κ2) is 7.40. The van der Waals surface area contributed by atoms with Crippen LogP contribution in [0.2, 0.25) is 0 Å². The van der Waals surface area contributed by atoms with Crippen LogP contribution >= 0.6 is 11.6 Å². The van der Waals surface area contributed by atoms with Gasteiger partial charge in [-0.2, -0.15) is 8.42 Å². The monoisotopic (exact) mass is 369 g/mol. The van der Waals surface area contributed by atoms with Crippen LogP contribution in [-0.4, -0.2) is 51.2 Å². The summed E-state index contributed by atoms with van der Waals surface area (Å²) in [6.07, 6.45) is 0. The van der Waals surface area contributed by atoms with Crippen LogP contribution in [0.25, 0.3) is 0 Å². The zero-order valence-corrected chi connectivity index (χ0v) is 14.1. The van der Waals surface area contributed by atoms with Gasteiger partial charge in [-0.15, -0.1) is 11.6 Å². The van der Waals surface area contributed by atoms with Gasteiger partial charge in [0.2, 0.25) is 0 Å². The third-order valence-corrected chi connectivity index (χ3v) is 5.88. The molecule has 0 unspecified atom stereocenters. The van der Waals surface area contributed by atoms with Crippen molar-refractivity contribution in [3.05, 3.63) is 29.3 Å². The first-order valence-electron chi connectivity index (χ1n) is 6.19. The highest BCUT2D eigenvalue weighted by atomic mass is 35.5. The van der Waals surface area contributed by atoms with Gasteiger partial charge in [-0.25, -0.2) is 8.42 Å². The molecule has 7 nitrogen and oxygen atoms in total. The molecular weight excluding hydrogens is 354 g/mol. The van der Waals surface area contributed by atoms with Crippen molar-refractivity contribution in [3.63, 3.8) is 0 Å². The summed E-state index contributed by atoms with van der Waals surface area (Å²) in [7, 11) is -7.76. The van der Waals surface area contributed by atoms with Crippen LogP contribution < -0.4 is 5.32 Å². The number of halogens is 1. The number of amides is 1. The molecule has 1 amide bonds. The second-order valence-electron chi connectivity index (χ2n) is 4.55. The molecule has 10 heteroatoms. The predicted octanol–water partition coefficient (Wildman–Crippen LogP) is 0.625. The Morgan fingerprint density at radius 3 is 2.41 bits per heavy atom. The van der Waals surface area contributed by atoms with Gasteiger partial charge in [0.05, 0.1) is 16.4 Å². The highest BCUT2D eigenvalue weighted by Crippen LogP contribution is 2.16. The molecule has 0 aromatic heterocycles. The molecule has 0 aliphatic rings. The van der Waals surface area contributed by atoms with Crippen molar-refractivity contribution >= 4 is 37.5 Å². The molecule has 0 fully saturated rings. The van der Waals surface area contributed by atoms with Crippen LogP contribution in [0.4, 0.5) is 0 Å². The van der Waals surface area contributed by atoms with Crippen molar-refractivity contribution in [1.82, 2.24) is 5.32 Å². The van der Waals surface area contributed by atoms with Crippen molar-refractivity contribution in [1.29, 1.82) is 0 Å². The average Bonchev–Trinajstić information content (AvgIpc) is 2.37. The lowest BCUT2D eigenvalue weighted by molar-refractivity contribution is 0.0956. The van der Waals surface area contributed by atoms with Gasteiger partial charge >= 0.3 is 0 Å². The van der Waals surface area contributed by atoms with Gasteiger partial charge < -0.3 is 5.32 Å². The minimum Gasteiger partial charge on any atom is -0.351 e. The Kier molecular flexibility index (Phi) is 6.36. The number of hydrogen-bond acceptors (Lipinski definition) is 5. The molecule has 1 aromatic rings. The molecular formula is C12H16ClNO6S2. The van der Waals surface area contributed by atoms with E-state index in [2.05, 4.69) is 5.32 Å². The van der Waals surface area contributed by atoms with Crippen molar-refractivity contribution in [2.45, 2.75) is 11.8 Å². The first-order valence-corrected chi connectivity index (χ1v) is 9.99. The van der Waals surface area contributed by atoms with Crippen LogP contribution in [0, 0.1) is 6.92 Å². The predicted molar refractivity (Wildman–Crippen MR) is 82.7 cm³/mol. The van der Waals surface area contributed by atoms with Crippen molar-refractivity contribution in [2.24, 2.45) is 0 Å². The molecule has 1 aromatic carbocycles. The largest absolute Gasteiger partial charge is 0.351 e. The molecule has 0 heterocycles. The molecule has 0 saturated carbocycles. The van der Waals surface area contributed by atoms with Crippen molar-refractivity contribution in [3.8, 4) is 0 Å². The summed E-state index contributed by atoms with van der Waals surface area (Å²) in [6.45, 7) is 1.36. The van der Waals surface area contributed by atoms with Gasteiger partial charge in [-0.1, -0.05) is 6.07 Å². The van der Waals surface area contributed by atoms with E-state index in [9.17, 15) is 21.6 Å². The summed E-state index contributed by atoms with van der Waals surface area (Å²) < 4.78 is 54.3. The first-order chi connectivity index (χ1) is 10.1. The molecule has 124 valence electrons. The van der Waals surface area contributed by atoms with E-state index in [1.807, 2.05) is 0 Å². The number of alkyl halides is 1. The van der Waals surface area contributed by atoms with Crippen molar-refractivity contribution in [2.75, 3.05) is 23.9 Å². The summed E-state index contributed by atoms with van der Waals surface area (Å²) in [5.74, 6) is -1.10. The van der Waals surface area contributed by atoms with Crippen LogP contribution in [0.3, 0.4) is 0 Å². The van der Waals surface area contributed by atoms with E-state index in [4.69, 9.17) is 16.2 Å². The van der Waals surface area contributed by atoms with E-state index in [-0.39, 0.29) is 34.4 Å². The smallest absolute Gasteiger partial charge is 0.294 e. The lowest BCUT2D eigenvalue weighted by Crippen LogP contribution is -2.30. The molecule has 22 heavy (non-hydrogen) atoms. The number of aryl methyl sites for hydroxylation is 1. The van der Waals surface area contributed by atoms with Crippen LogP contribution in [0.5, 0.6) is 0 Å². The van der Waals surface area contributed by atoms with Gasteiger partial charge in [-0.05, 0) is 24.6 Å². The van der Waals surface area contributed by atoms with Gasteiger partial charge in [0, 0.05) is 18.0 Å². The Hall–Kier alpha value is -1.16. The number of nitrogens with one attached hydrogen (secondary N) is 1. The Morgan fingerprint density at radius 1 is 1.23 bits per heavy atom. The summed E-state index contributed by atoms with van der Waals surface area (Å²) in [5, 5.41) is 2.37. The number of sulfone groups is 1. The molecule has 0 saturated heterocycles. The molecule has 0 radical (unpaired) electrons. The van der Waals surface area contributed by atoms with E-state index in [1.165, 1.54) is 19.1 Å². The van der Waals surface area contributed by atoms with E-state index in [1.54, 1.807) is 0 Å². The Morgan fingerprint density at radius 2 is 1.86 bits per heavy atom. The normalized spacial score (nSPS) is 12.1. The van der Waals surface area contributed by atoms with Crippen molar-refractivity contribution < 1.29 is 26.2 Å². The quantitative estimate of drug-likeness (QED) is 0.537. The van der Waals surface area contributed by atoms with Gasteiger partial charge in [0.15, 0.2) is 9.84 Å². The highest BCUT2D eigenvalue weighted by Gasteiger charge is 2.17. The Labute approximate surface area is 134 Å². The third kappa shape index (κ3) is 5.56. The van der Waals surface area contributed by atoms with Crippen LogP contribution in [-0.2, 0) is 20.0 Å².